The summed E-state index contributed by atoms with van der Waals surface area (Å²) >= 11 is 0. The van der Waals surface area contributed by atoms with Crippen molar-refractivity contribution < 1.29 is 0 Å². The molecule has 0 aromatic heterocycles. The standard InChI is InChI=1S/C17H28N2/c1-14-6-5-7-15(10-14)11-19(4)13-17(2,3)12-18-16-8-9-16/h5-7,10,16,18H,8-9,11-13H2,1-4H3. The van der Waals surface area contributed by atoms with Crippen molar-refractivity contribution in [3.05, 3.63) is 35.4 Å². The molecular formula is C17H28N2. The van der Waals surface area contributed by atoms with Crippen LogP contribution in [-0.4, -0.2) is 31.1 Å². The molecule has 106 valence electrons. The summed E-state index contributed by atoms with van der Waals surface area (Å²) in [6.45, 7) is 10.2. The van der Waals surface area contributed by atoms with Crippen LogP contribution in [0.3, 0.4) is 0 Å². The summed E-state index contributed by atoms with van der Waals surface area (Å²) in [6.07, 6.45) is 2.74. The highest BCUT2D eigenvalue weighted by atomic mass is 15.1. The van der Waals surface area contributed by atoms with Gasteiger partial charge in [-0.15, -0.1) is 0 Å². The van der Waals surface area contributed by atoms with Crippen LogP contribution < -0.4 is 5.32 Å². The minimum atomic E-state index is 0.334. The highest BCUT2D eigenvalue weighted by Gasteiger charge is 2.26. The first-order valence-electron chi connectivity index (χ1n) is 7.42. The molecule has 1 aliphatic rings. The van der Waals surface area contributed by atoms with Crippen LogP contribution in [0, 0.1) is 12.3 Å². The molecule has 0 radical (unpaired) electrons. The van der Waals surface area contributed by atoms with E-state index in [4.69, 9.17) is 0 Å². The molecule has 0 amide bonds. The van der Waals surface area contributed by atoms with Crippen molar-refractivity contribution in [2.24, 2.45) is 5.41 Å². The molecule has 0 bridgehead atoms. The third-order valence-corrected chi connectivity index (χ3v) is 3.68. The molecule has 0 heterocycles. The lowest BCUT2D eigenvalue weighted by molar-refractivity contribution is 0.198. The van der Waals surface area contributed by atoms with Crippen molar-refractivity contribution in [1.82, 2.24) is 10.2 Å². The summed E-state index contributed by atoms with van der Waals surface area (Å²) in [5.74, 6) is 0. The van der Waals surface area contributed by atoms with Crippen molar-refractivity contribution in [1.29, 1.82) is 0 Å². The first kappa shape index (κ1) is 14.5. The quantitative estimate of drug-likeness (QED) is 0.810. The van der Waals surface area contributed by atoms with Crippen LogP contribution in [0.2, 0.25) is 0 Å². The summed E-state index contributed by atoms with van der Waals surface area (Å²) in [7, 11) is 2.22. The number of aryl methyl sites for hydroxylation is 1. The summed E-state index contributed by atoms with van der Waals surface area (Å²) in [5, 5.41) is 3.65. The summed E-state index contributed by atoms with van der Waals surface area (Å²) in [4.78, 5) is 2.43. The van der Waals surface area contributed by atoms with E-state index < -0.39 is 0 Å². The Morgan fingerprint density at radius 1 is 1.32 bits per heavy atom. The molecule has 0 unspecified atom stereocenters. The maximum absolute atomic E-state index is 3.65. The van der Waals surface area contributed by atoms with Crippen LogP contribution in [0.25, 0.3) is 0 Å². The maximum atomic E-state index is 3.65. The van der Waals surface area contributed by atoms with Crippen molar-refractivity contribution in [3.63, 3.8) is 0 Å². The van der Waals surface area contributed by atoms with E-state index in [-0.39, 0.29) is 0 Å². The average molecular weight is 260 g/mol. The lowest BCUT2D eigenvalue weighted by atomic mass is 9.92. The Bertz CT molecular complexity index is 407. The zero-order valence-electron chi connectivity index (χ0n) is 12.9. The molecule has 1 aliphatic carbocycles. The summed E-state index contributed by atoms with van der Waals surface area (Å²) in [6, 6.07) is 9.62. The molecule has 0 aliphatic heterocycles. The molecule has 19 heavy (non-hydrogen) atoms. The minimum absolute atomic E-state index is 0.334. The first-order chi connectivity index (χ1) is 8.94. The molecule has 2 rings (SSSR count). The predicted octanol–water partition coefficient (Wildman–Crippen LogP) is 3.21. The van der Waals surface area contributed by atoms with Gasteiger partial charge in [0.15, 0.2) is 0 Å². The zero-order chi connectivity index (χ0) is 13.9. The molecule has 2 heteroatoms. The minimum Gasteiger partial charge on any atom is -0.313 e. The van der Waals surface area contributed by atoms with Crippen molar-refractivity contribution in [3.8, 4) is 0 Å². The number of hydrogen-bond acceptors (Lipinski definition) is 2. The molecule has 1 aromatic rings. The number of rotatable bonds is 7. The molecule has 1 saturated carbocycles. The molecule has 1 aromatic carbocycles. The summed E-state index contributed by atoms with van der Waals surface area (Å²) in [5.41, 5.74) is 3.09. The van der Waals surface area contributed by atoms with Gasteiger partial charge in [0, 0.05) is 25.7 Å². The molecule has 0 spiro atoms. The van der Waals surface area contributed by atoms with Gasteiger partial charge in [0.2, 0.25) is 0 Å². The van der Waals surface area contributed by atoms with Gasteiger partial charge in [0.1, 0.15) is 0 Å². The molecular weight excluding hydrogens is 232 g/mol. The largest absolute Gasteiger partial charge is 0.313 e. The SMILES string of the molecule is Cc1cccc(CN(C)CC(C)(C)CNC2CC2)c1. The summed E-state index contributed by atoms with van der Waals surface area (Å²) < 4.78 is 0. The van der Waals surface area contributed by atoms with E-state index in [9.17, 15) is 0 Å². The van der Waals surface area contributed by atoms with E-state index in [1.165, 1.54) is 24.0 Å². The van der Waals surface area contributed by atoms with E-state index in [0.29, 0.717) is 5.41 Å². The zero-order valence-corrected chi connectivity index (χ0v) is 12.9. The van der Waals surface area contributed by atoms with Gasteiger partial charge in [-0.05, 0) is 37.8 Å². The fourth-order valence-corrected chi connectivity index (χ4v) is 2.67. The Morgan fingerprint density at radius 3 is 2.68 bits per heavy atom. The second-order valence-corrected chi connectivity index (χ2v) is 6.98. The monoisotopic (exact) mass is 260 g/mol. The molecule has 0 atom stereocenters. The first-order valence-corrected chi connectivity index (χ1v) is 7.42. The van der Waals surface area contributed by atoms with E-state index in [0.717, 1.165) is 25.7 Å². The second kappa shape index (κ2) is 6.06. The molecule has 2 nitrogen and oxygen atoms in total. The van der Waals surface area contributed by atoms with Crippen molar-refractivity contribution >= 4 is 0 Å². The highest BCUT2D eigenvalue weighted by Crippen LogP contribution is 2.22. The molecule has 0 saturated heterocycles. The van der Waals surface area contributed by atoms with Crippen LogP contribution in [0.1, 0.15) is 37.8 Å². The number of hydrogen-bond donors (Lipinski definition) is 1. The lowest BCUT2D eigenvalue weighted by Crippen LogP contribution is -2.39. The van der Waals surface area contributed by atoms with Gasteiger partial charge < -0.3 is 10.2 Å². The Hall–Kier alpha value is -0.860. The van der Waals surface area contributed by atoms with Gasteiger partial charge >= 0.3 is 0 Å². The number of nitrogens with one attached hydrogen (secondary N) is 1. The fourth-order valence-electron chi connectivity index (χ4n) is 2.67. The van der Waals surface area contributed by atoms with Gasteiger partial charge in [-0.2, -0.15) is 0 Å². The highest BCUT2D eigenvalue weighted by molar-refractivity contribution is 5.22. The second-order valence-electron chi connectivity index (χ2n) is 6.98. The normalized spacial score (nSPS) is 16.1. The fraction of sp³-hybridized carbons (Fsp3) is 0.647. The number of benzene rings is 1. The maximum Gasteiger partial charge on any atom is 0.0231 e. The Labute approximate surface area is 118 Å². The van der Waals surface area contributed by atoms with Gasteiger partial charge in [0.05, 0.1) is 0 Å². The van der Waals surface area contributed by atoms with Crippen LogP contribution in [0.5, 0.6) is 0 Å². The van der Waals surface area contributed by atoms with Crippen LogP contribution in [0.15, 0.2) is 24.3 Å². The Balaban J connectivity index is 1.80. The smallest absolute Gasteiger partial charge is 0.0231 e. The van der Waals surface area contributed by atoms with E-state index in [1.54, 1.807) is 0 Å². The lowest BCUT2D eigenvalue weighted by Gasteiger charge is -2.30. The van der Waals surface area contributed by atoms with Gasteiger partial charge in [-0.3, -0.25) is 0 Å². The van der Waals surface area contributed by atoms with E-state index >= 15 is 0 Å². The third-order valence-electron chi connectivity index (χ3n) is 3.68. The van der Waals surface area contributed by atoms with E-state index in [1.807, 2.05) is 0 Å². The van der Waals surface area contributed by atoms with Gasteiger partial charge in [0.25, 0.3) is 0 Å². The van der Waals surface area contributed by atoms with Crippen LogP contribution >= 0.6 is 0 Å². The Kier molecular flexibility index (Phi) is 4.64. The van der Waals surface area contributed by atoms with Crippen molar-refractivity contribution in [2.45, 2.75) is 46.2 Å². The predicted molar refractivity (Wildman–Crippen MR) is 82.3 cm³/mol. The van der Waals surface area contributed by atoms with Gasteiger partial charge in [-0.1, -0.05) is 43.7 Å². The molecule has 1 N–H and O–H groups in total. The molecule has 1 fully saturated rings. The topological polar surface area (TPSA) is 15.3 Å². The number of nitrogens with zero attached hydrogens (tertiary/aromatic N) is 1. The third kappa shape index (κ3) is 5.33. The average Bonchev–Trinajstić information content (AvgIpc) is 3.09. The van der Waals surface area contributed by atoms with Gasteiger partial charge in [-0.25, -0.2) is 0 Å². The van der Waals surface area contributed by atoms with Crippen LogP contribution in [-0.2, 0) is 6.54 Å². The van der Waals surface area contributed by atoms with Crippen molar-refractivity contribution in [2.75, 3.05) is 20.1 Å². The van der Waals surface area contributed by atoms with E-state index in [2.05, 4.69) is 62.3 Å². The van der Waals surface area contributed by atoms with Crippen LogP contribution in [0.4, 0.5) is 0 Å². The Morgan fingerprint density at radius 2 is 2.05 bits per heavy atom.